The first-order valence-electron chi connectivity index (χ1n) is 6.30. The molecule has 1 aromatic carbocycles. The molecule has 0 bridgehead atoms. The molecule has 0 fully saturated rings. The Morgan fingerprint density at radius 2 is 2.19 bits per heavy atom. The second-order valence-electron chi connectivity index (χ2n) is 4.16. The summed E-state index contributed by atoms with van der Waals surface area (Å²) in [6.07, 6.45) is 0. The quantitative estimate of drug-likeness (QED) is 0.881. The normalized spacial score (nSPS) is 10.1. The Kier molecular flexibility index (Phi) is 4.93. The second-order valence-corrected chi connectivity index (χ2v) is 4.59. The van der Waals surface area contributed by atoms with Gasteiger partial charge in [0.1, 0.15) is 24.3 Å². The summed E-state index contributed by atoms with van der Waals surface area (Å²) in [5, 5.41) is 12.7. The summed E-state index contributed by atoms with van der Waals surface area (Å²) in [5.74, 6) is 1.28. The molecule has 1 heterocycles. The van der Waals surface area contributed by atoms with Gasteiger partial charge in [-0.3, -0.25) is 0 Å². The van der Waals surface area contributed by atoms with Gasteiger partial charge in [-0.2, -0.15) is 5.26 Å². The average Bonchev–Trinajstić information content (AvgIpc) is 2.45. The van der Waals surface area contributed by atoms with Gasteiger partial charge in [-0.1, -0.05) is 11.6 Å². The number of aromatic nitrogens is 2. The molecule has 0 unspecified atom stereocenters. The monoisotopic (exact) mass is 303 g/mol. The van der Waals surface area contributed by atoms with Crippen LogP contribution in [0.1, 0.15) is 18.3 Å². The predicted octanol–water partition coefficient (Wildman–Crippen LogP) is 2.86. The van der Waals surface area contributed by atoms with Crippen LogP contribution in [0.2, 0.25) is 5.02 Å². The number of nitrogens with one attached hydrogen (secondary N) is 1. The average molecular weight is 304 g/mol. The number of nitrogens with zero attached hydrogens (tertiary/aromatic N) is 3. The first-order chi connectivity index (χ1) is 10.1. The van der Waals surface area contributed by atoms with Crippen molar-refractivity contribution in [2.45, 2.75) is 13.5 Å². The first kappa shape index (κ1) is 15.0. The maximum Gasteiger partial charge on any atom is 0.158 e. The lowest BCUT2D eigenvalue weighted by Gasteiger charge is -2.10. The minimum absolute atomic E-state index is 0.275. The van der Waals surface area contributed by atoms with Gasteiger partial charge in [0.2, 0.25) is 0 Å². The van der Waals surface area contributed by atoms with E-state index in [1.54, 1.807) is 24.3 Å². The van der Waals surface area contributed by atoms with Crippen LogP contribution in [0.25, 0.3) is 0 Å². The SMILES string of the molecule is CCOCc1nc(N)cc(Nc2cc(Cl)ccc2C#N)n1. The van der Waals surface area contributed by atoms with Crippen molar-refractivity contribution in [1.29, 1.82) is 5.26 Å². The van der Waals surface area contributed by atoms with Gasteiger partial charge in [-0.05, 0) is 25.1 Å². The van der Waals surface area contributed by atoms with E-state index in [1.807, 2.05) is 6.92 Å². The molecule has 0 atom stereocenters. The zero-order valence-corrected chi connectivity index (χ0v) is 12.2. The number of nitrogens with two attached hydrogens (primary N) is 1. The fourth-order valence-electron chi connectivity index (χ4n) is 1.69. The Morgan fingerprint density at radius 3 is 2.90 bits per heavy atom. The Morgan fingerprint density at radius 1 is 1.38 bits per heavy atom. The molecule has 0 aliphatic heterocycles. The Bertz CT molecular complexity index is 684. The third kappa shape index (κ3) is 4.05. The van der Waals surface area contributed by atoms with Crippen molar-refractivity contribution in [3.8, 4) is 6.07 Å². The molecule has 0 aliphatic rings. The van der Waals surface area contributed by atoms with Gasteiger partial charge in [0.05, 0.1) is 11.3 Å². The molecular weight excluding hydrogens is 290 g/mol. The van der Waals surface area contributed by atoms with Crippen LogP contribution in [0.15, 0.2) is 24.3 Å². The van der Waals surface area contributed by atoms with E-state index in [0.29, 0.717) is 40.3 Å². The highest BCUT2D eigenvalue weighted by Gasteiger charge is 2.07. The summed E-state index contributed by atoms with van der Waals surface area (Å²) >= 11 is 5.94. The summed E-state index contributed by atoms with van der Waals surface area (Å²) in [7, 11) is 0. The van der Waals surface area contributed by atoms with Crippen molar-refractivity contribution in [3.05, 3.63) is 40.7 Å². The van der Waals surface area contributed by atoms with E-state index in [9.17, 15) is 0 Å². The molecule has 0 aliphatic carbocycles. The van der Waals surface area contributed by atoms with Crippen LogP contribution in [0, 0.1) is 11.3 Å². The lowest BCUT2D eigenvalue weighted by atomic mass is 10.2. The van der Waals surface area contributed by atoms with Gasteiger partial charge in [0.25, 0.3) is 0 Å². The molecule has 0 amide bonds. The number of benzene rings is 1. The maximum absolute atomic E-state index is 9.10. The van der Waals surface area contributed by atoms with E-state index >= 15 is 0 Å². The lowest BCUT2D eigenvalue weighted by molar-refractivity contribution is 0.128. The van der Waals surface area contributed by atoms with Crippen LogP contribution < -0.4 is 11.1 Å². The minimum atomic E-state index is 0.275. The number of hydrogen-bond acceptors (Lipinski definition) is 6. The molecule has 2 rings (SSSR count). The molecule has 1 aromatic heterocycles. The Labute approximate surface area is 127 Å². The first-order valence-corrected chi connectivity index (χ1v) is 6.68. The summed E-state index contributed by atoms with van der Waals surface area (Å²) < 4.78 is 5.26. The highest BCUT2D eigenvalue weighted by molar-refractivity contribution is 6.30. The van der Waals surface area contributed by atoms with Crippen LogP contribution in [0.3, 0.4) is 0 Å². The number of rotatable bonds is 5. The molecule has 7 heteroatoms. The summed E-state index contributed by atoms with van der Waals surface area (Å²) in [6, 6.07) is 8.61. The van der Waals surface area contributed by atoms with Crippen molar-refractivity contribution in [1.82, 2.24) is 9.97 Å². The second kappa shape index (κ2) is 6.88. The molecule has 0 radical (unpaired) electrons. The van der Waals surface area contributed by atoms with Gasteiger partial charge in [-0.15, -0.1) is 0 Å². The van der Waals surface area contributed by atoms with Crippen LogP contribution in [-0.2, 0) is 11.3 Å². The van der Waals surface area contributed by atoms with Gasteiger partial charge >= 0.3 is 0 Å². The van der Waals surface area contributed by atoms with E-state index in [0.717, 1.165) is 0 Å². The minimum Gasteiger partial charge on any atom is -0.384 e. The Balaban J connectivity index is 2.29. The highest BCUT2D eigenvalue weighted by Crippen LogP contribution is 2.24. The van der Waals surface area contributed by atoms with Crippen molar-refractivity contribution in [2.24, 2.45) is 0 Å². The molecule has 21 heavy (non-hydrogen) atoms. The summed E-state index contributed by atoms with van der Waals surface area (Å²) in [4.78, 5) is 8.38. The van der Waals surface area contributed by atoms with E-state index in [-0.39, 0.29) is 6.61 Å². The zero-order chi connectivity index (χ0) is 15.2. The fourth-order valence-corrected chi connectivity index (χ4v) is 1.87. The van der Waals surface area contributed by atoms with E-state index in [1.165, 1.54) is 0 Å². The summed E-state index contributed by atoms with van der Waals surface area (Å²) in [6.45, 7) is 2.72. The van der Waals surface area contributed by atoms with Crippen molar-refractivity contribution < 1.29 is 4.74 Å². The maximum atomic E-state index is 9.10. The van der Waals surface area contributed by atoms with E-state index < -0.39 is 0 Å². The van der Waals surface area contributed by atoms with Gasteiger partial charge in [0, 0.05) is 17.7 Å². The van der Waals surface area contributed by atoms with E-state index in [4.69, 9.17) is 27.3 Å². The molecule has 0 saturated heterocycles. The topological polar surface area (TPSA) is 96.9 Å². The number of hydrogen-bond donors (Lipinski definition) is 2. The Hall–Kier alpha value is -2.36. The van der Waals surface area contributed by atoms with Crippen LogP contribution >= 0.6 is 11.6 Å². The largest absolute Gasteiger partial charge is 0.384 e. The lowest BCUT2D eigenvalue weighted by Crippen LogP contribution is -2.05. The number of nitrogen functional groups attached to an aromatic ring is 1. The van der Waals surface area contributed by atoms with E-state index in [2.05, 4.69) is 21.4 Å². The molecular formula is C14H14ClN5O. The number of anilines is 3. The number of halogens is 1. The van der Waals surface area contributed by atoms with Gasteiger partial charge in [-0.25, -0.2) is 9.97 Å². The molecule has 0 saturated carbocycles. The van der Waals surface area contributed by atoms with Crippen molar-refractivity contribution in [2.75, 3.05) is 17.7 Å². The van der Waals surface area contributed by atoms with Crippen molar-refractivity contribution >= 4 is 28.9 Å². The molecule has 0 spiro atoms. The molecule has 2 aromatic rings. The fraction of sp³-hybridized carbons (Fsp3) is 0.214. The van der Waals surface area contributed by atoms with Gasteiger partial charge in [0.15, 0.2) is 5.82 Å². The third-order valence-electron chi connectivity index (χ3n) is 2.59. The molecule has 108 valence electrons. The standard InChI is InChI=1S/C14H14ClN5O/c1-2-21-8-14-19-12(17)6-13(20-14)18-11-5-10(15)4-3-9(11)7-16/h3-6H,2,8H2,1H3,(H3,17,18,19,20). The smallest absolute Gasteiger partial charge is 0.158 e. The highest BCUT2D eigenvalue weighted by atomic mass is 35.5. The third-order valence-corrected chi connectivity index (χ3v) is 2.83. The van der Waals surface area contributed by atoms with Gasteiger partial charge < -0.3 is 15.8 Å². The number of nitriles is 1. The molecule has 3 N–H and O–H groups in total. The van der Waals surface area contributed by atoms with Crippen LogP contribution in [-0.4, -0.2) is 16.6 Å². The number of ether oxygens (including phenoxy) is 1. The zero-order valence-electron chi connectivity index (χ0n) is 11.4. The van der Waals surface area contributed by atoms with Crippen LogP contribution in [0.5, 0.6) is 0 Å². The van der Waals surface area contributed by atoms with Crippen molar-refractivity contribution in [3.63, 3.8) is 0 Å². The summed E-state index contributed by atoms with van der Waals surface area (Å²) in [5.41, 5.74) is 6.77. The van der Waals surface area contributed by atoms with Crippen LogP contribution in [0.4, 0.5) is 17.3 Å². The predicted molar refractivity (Wildman–Crippen MR) is 81.2 cm³/mol. The molecule has 6 nitrogen and oxygen atoms in total.